The van der Waals surface area contributed by atoms with Crippen molar-refractivity contribution >= 4 is 88.4 Å². The van der Waals surface area contributed by atoms with E-state index in [-0.39, 0.29) is 59.4 Å². The van der Waals surface area contributed by atoms with Crippen molar-refractivity contribution in [2.75, 3.05) is 44.7 Å². The Hall–Kier alpha value is -15.2. The van der Waals surface area contributed by atoms with Crippen molar-refractivity contribution in [1.29, 1.82) is 0 Å². The standard InChI is InChI=1S/C25H29N3O3.C25H31N3O3.C24H26N4O2.C23H35N3O3.C22H25N3O3/c29-23(26-20-14-8-3-9-15-20)22-24(30)27-21(16-18-10-4-1-5-11-18)25(31)28(22)17-19-12-6-2-7-13-19;1-2-3-16-26-23(29)22-24(30)27-21(18-20-13-8-5-9-14-20)25(31)28(22)17-10-15-19-11-6-4-7-12-19;1-26-21-11-6-5-10-20(21)23(29)28(16-7-15-27-17-14-25-18-27)22(24(26)30)13-12-19-8-3-2-4-9-19;1-21(2,3)15-22(4,5)24-18(27)17-19(28)25-23(6,7)20(29)26(17)14-13-16-11-9-8-10-12-16;1-2-13-25-19(20(26)23-15-17-11-7-4-8-12-17)21(27)24-18(22(25)28)14-16-9-5-3-6-10-16/h1-2,4-7,10-13,20-22H,3,8-9,14-17H2,(H,26,29)(H,27,30);4-9,11-14,21-22H,2-3,10,15-18H2,1H3,(H,26,29)(H,27,30);2-6,8-11,14,17-18,22H,7,12-13,15-16H2,1H3;8-12,17H,13-15H2,1-7H3,(H,24,27)(H,25,28);3-12,18-19H,2,13-15H2,1H3,(H,23,26)(H,24,27). The molecule has 5 fully saturated rings. The Morgan fingerprint density at radius 3 is 1.32 bits per heavy atom. The molecule has 4 saturated heterocycles. The van der Waals surface area contributed by atoms with E-state index in [9.17, 15) is 67.1 Å². The SMILES string of the molecule is CC(C)(C)CC(C)(C)NC(=O)C1C(=O)NC(C)(C)C(=O)N1CCc1ccccc1.CCCCNC(=O)C1C(=O)NC(Cc2ccccc2)C(=O)N1CCCc1ccccc1.CCCN1C(=O)C(Cc2ccccc2)NC(=O)C1C(=O)NCc1ccccc1.CN1C(=O)C(CCc2ccccc2)N(CCCn2ccnc2)C(=O)c2ccccc21.O=C(NC1CCCCC1)C1C(=O)NC(Cc2ccccc2)C(=O)N1Cc1ccccc1. The maximum Gasteiger partial charge on any atom is 0.256 e. The highest BCUT2D eigenvalue weighted by Gasteiger charge is 2.51. The number of piperazine rings is 4. The number of benzene rings is 9. The third kappa shape index (κ3) is 32.6. The number of carbonyl (C=O) groups excluding carboxylic acids is 14. The van der Waals surface area contributed by atoms with Crippen LogP contribution in [0.4, 0.5) is 5.69 Å². The molecule has 6 aliphatic rings. The minimum absolute atomic E-state index is 0.0103. The molecule has 8 atom stereocenters. The second kappa shape index (κ2) is 55.0. The van der Waals surface area contributed by atoms with Crippen molar-refractivity contribution in [3.05, 3.63) is 336 Å². The number of carbonyl (C=O) groups is 14. The molecule has 1 aliphatic carbocycles. The first-order valence-electron chi connectivity index (χ1n) is 52.3. The van der Waals surface area contributed by atoms with E-state index in [0.29, 0.717) is 95.5 Å². The van der Waals surface area contributed by atoms with Gasteiger partial charge in [0.25, 0.3) is 53.2 Å². The normalized spacial score (nSPS) is 19.2. The number of para-hydroxylation sites is 1. The van der Waals surface area contributed by atoms with Crippen molar-refractivity contribution < 1.29 is 67.1 Å². The van der Waals surface area contributed by atoms with E-state index >= 15 is 0 Å². The highest BCUT2D eigenvalue weighted by molar-refractivity contribution is 6.15. The van der Waals surface area contributed by atoms with Crippen LogP contribution in [0.25, 0.3) is 0 Å². The molecule has 149 heavy (non-hydrogen) atoms. The average Bonchev–Trinajstić information content (AvgIpc) is 1.67. The minimum Gasteiger partial charge on any atom is -0.354 e. The summed E-state index contributed by atoms with van der Waals surface area (Å²) in [4.78, 5) is 196. The summed E-state index contributed by atoms with van der Waals surface area (Å²) in [6, 6.07) is 77.9. The fourth-order valence-electron chi connectivity index (χ4n) is 20.0. The second-order valence-electron chi connectivity index (χ2n) is 41.2. The van der Waals surface area contributed by atoms with Crippen LogP contribution in [0.5, 0.6) is 0 Å². The van der Waals surface area contributed by atoms with Gasteiger partial charge in [0, 0.05) is 103 Å². The molecule has 9 aromatic carbocycles. The van der Waals surface area contributed by atoms with Gasteiger partial charge in [-0.3, -0.25) is 67.1 Å². The van der Waals surface area contributed by atoms with Gasteiger partial charge in [-0.15, -0.1) is 0 Å². The lowest BCUT2D eigenvalue weighted by molar-refractivity contribution is -0.158. The zero-order valence-corrected chi connectivity index (χ0v) is 87.5. The molecule has 1 aromatic heterocycles. The zero-order valence-electron chi connectivity index (χ0n) is 87.5. The van der Waals surface area contributed by atoms with Gasteiger partial charge in [-0.2, -0.15) is 0 Å². The van der Waals surface area contributed by atoms with E-state index in [1.54, 1.807) is 43.2 Å². The van der Waals surface area contributed by atoms with Gasteiger partial charge >= 0.3 is 0 Å². The van der Waals surface area contributed by atoms with Crippen LogP contribution in [-0.4, -0.2) is 222 Å². The summed E-state index contributed by atoms with van der Waals surface area (Å²) in [6.45, 7) is 20.8. The van der Waals surface area contributed by atoms with E-state index in [2.05, 4.69) is 80.4 Å². The maximum absolute atomic E-state index is 13.5. The Bertz CT molecular complexity index is 6080. The molecule has 0 spiro atoms. The number of hydrogen-bond acceptors (Lipinski definition) is 15. The Morgan fingerprint density at radius 1 is 0.409 bits per heavy atom. The average molecular weight is 2020 g/mol. The molecule has 8 N–H and O–H groups in total. The fourth-order valence-corrected chi connectivity index (χ4v) is 20.0. The first-order chi connectivity index (χ1) is 71.7. The van der Waals surface area contributed by atoms with E-state index in [4.69, 9.17) is 0 Å². The van der Waals surface area contributed by atoms with E-state index < -0.39 is 101 Å². The number of nitrogens with one attached hydrogen (secondary N) is 8. The molecule has 0 bridgehead atoms. The van der Waals surface area contributed by atoms with Crippen LogP contribution in [0.3, 0.4) is 0 Å². The molecule has 30 nitrogen and oxygen atoms in total. The molecular weight excluding hydrogens is 1880 g/mol. The summed E-state index contributed by atoms with van der Waals surface area (Å²) < 4.78 is 1.99. The predicted molar refractivity (Wildman–Crippen MR) is 575 cm³/mol. The van der Waals surface area contributed by atoms with Crippen LogP contribution < -0.4 is 47.4 Å². The molecule has 786 valence electrons. The van der Waals surface area contributed by atoms with Crippen molar-refractivity contribution in [1.82, 2.24) is 76.6 Å². The molecule has 30 heteroatoms. The van der Waals surface area contributed by atoms with Crippen molar-refractivity contribution in [2.24, 2.45) is 5.41 Å². The van der Waals surface area contributed by atoms with Crippen molar-refractivity contribution in [3.63, 3.8) is 0 Å². The first-order valence-corrected chi connectivity index (χ1v) is 52.3. The molecule has 1 saturated carbocycles. The van der Waals surface area contributed by atoms with Gasteiger partial charge in [-0.1, -0.05) is 315 Å². The molecule has 16 rings (SSSR count). The number of anilines is 1. The van der Waals surface area contributed by atoms with Crippen LogP contribution in [0.2, 0.25) is 0 Å². The van der Waals surface area contributed by atoms with Crippen molar-refractivity contribution in [3.8, 4) is 0 Å². The molecule has 6 heterocycles. The maximum atomic E-state index is 13.5. The molecule has 14 amide bonds. The summed E-state index contributed by atoms with van der Waals surface area (Å²) >= 11 is 0. The monoisotopic (exact) mass is 2020 g/mol. The van der Waals surface area contributed by atoms with Gasteiger partial charge < -0.3 is 76.5 Å². The van der Waals surface area contributed by atoms with E-state index in [1.165, 1.54) is 37.1 Å². The number of fused-ring (bicyclic) bond motifs is 1. The number of aromatic nitrogens is 2. The van der Waals surface area contributed by atoms with Crippen molar-refractivity contribution in [2.45, 2.75) is 263 Å². The van der Waals surface area contributed by atoms with Gasteiger partial charge in [0.1, 0.15) is 29.7 Å². The Morgan fingerprint density at radius 2 is 0.839 bits per heavy atom. The lowest BCUT2D eigenvalue weighted by Crippen LogP contribution is -2.72. The van der Waals surface area contributed by atoms with Crippen LogP contribution in [0, 0.1) is 5.41 Å². The summed E-state index contributed by atoms with van der Waals surface area (Å²) in [7, 11) is 1.76. The Kier molecular flexibility index (Phi) is 41.5. The Balaban J connectivity index is 0.000000165. The predicted octanol–water partition coefficient (Wildman–Crippen LogP) is 12.8. The van der Waals surface area contributed by atoms with Crippen LogP contribution in [-0.2, 0) is 120 Å². The number of rotatable bonds is 36. The van der Waals surface area contributed by atoms with Gasteiger partial charge in [-0.25, -0.2) is 4.98 Å². The number of nitrogens with zero attached hydrogens (tertiary/aromatic N) is 8. The third-order valence-electron chi connectivity index (χ3n) is 27.1. The van der Waals surface area contributed by atoms with E-state index in [1.807, 2.05) is 293 Å². The van der Waals surface area contributed by atoms with Gasteiger partial charge in [0.05, 0.1) is 17.6 Å². The van der Waals surface area contributed by atoms with Gasteiger partial charge in [0.15, 0.2) is 24.2 Å². The largest absolute Gasteiger partial charge is 0.354 e. The van der Waals surface area contributed by atoms with Crippen LogP contribution in [0.1, 0.15) is 194 Å². The molecular formula is C119H146N16O14. The first kappa shape index (κ1) is 113. The molecule has 5 aliphatic heterocycles. The number of aryl methyl sites for hydroxylation is 3. The zero-order chi connectivity index (χ0) is 107. The quantitative estimate of drug-likeness (QED) is 0.0134. The topological polar surface area (TPSA) is 372 Å². The summed E-state index contributed by atoms with van der Waals surface area (Å²) in [6.07, 6.45) is 19.1. The summed E-state index contributed by atoms with van der Waals surface area (Å²) in [5, 5.41) is 22.7. The third-order valence-corrected chi connectivity index (χ3v) is 27.1. The summed E-state index contributed by atoms with van der Waals surface area (Å²) in [5.74, 6) is -4.38. The number of amides is 14. The Labute approximate surface area is 875 Å². The lowest BCUT2D eigenvalue weighted by atomic mass is 9.81. The number of hydrogen-bond donors (Lipinski definition) is 8. The summed E-state index contributed by atoms with van der Waals surface area (Å²) in [5.41, 5.74) is 7.83. The van der Waals surface area contributed by atoms with Crippen LogP contribution >= 0.6 is 0 Å². The number of likely N-dealkylation sites (N-methyl/N-ethyl adjacent to an activating group) is 1. The van der Waals surface area contributed by atoms with E-state index in [0.717, 1.165) is 104 Å². The number of imidazole rings is 1. The van der Waals surface area contributed by atoms with Crippen LogP contribution in [0.15, 0.2) is 286 Å². The highest BCUT2D eigenvalue weighted by Crippen LogP contribution is 2.33. The smallest absolute Gasteiger partial charge is 0.256 e. The molecule has 8 unspecified atom stereocenters. The second-order valence-corrected chi connectivity index (χ2v) is 41.2. The fraction of sp³-hybridized carbons (Fsp3) is 0.403. The minimum atomic E-state index is -1.17. The molecule has 0 radical (unpaired) electrons. The lowest BCUT2D eigenvalue weighted by Gasteiger charge is -2.43. The van der Waals surface area contributed by atoms with Gasteiger partial charge in [0.2, 0.25) is 29.5 Å². The van der Waals surface area contributed by atoms with Gasteiger partial charge in [-0.05, 0) is 160 Å². The highest BCUT2D eigenvalue weighted by atomic mass is 16.2. The number of unbranched alkanes of at least 4 members (excludes halogenated alkanes) is 1. The molecule has 10 aromatic rings.